The summed E-state index contributed by atoms with van der Waals surface area (Å²) >= 11 is 0. The van der Waals surface area contributed by atoms with Gasteiger partial charge in [0.1, 0.15) is 5.82 Å². The first-order valence-electron chi connectivity index (χ1n) is 8.13. The number of aliphatic carboxylic acids is 1. The Morgan fingerprint density at radius 1 is 1.24 bits per heavy atom. The molecule has 1 unspecified atom stereocenters. The summed E-state index contributed by atoms with van der Waals surface area (Å²) in [6.45, 7) is 6.33. The summed E-state index contributed by atoms with van der Waals surface area (Å²) in [4.78, 5) is 23.6. The number of aryl methyl sites for hydroxylation is 2. The first-order chi connectivity index (χ1) is 11.8. The van der Waals surface area contributed by atoms with Crippen LogP contribution in [0.15, 0.2) is 24.3 Å². The highest BCUT2D eigenvalue weighted by Crippen LogP contribution is 2.26. The van der Waals surface area contributed by atoms with Crippen molar-refractivity contribution < 1.29 is 19.1 Å². The fourth-order valence-electron chi connectivity index (χ4n) is 2.85. The molecule has 134 valence electrons. The van der Waals surface area contributed by atoms with Crippen molar-refractivity contribution in [2.75, 3.05) is 5.32 Å². The van der Waals surface area contributed by atoms with Gasteiger partial charge < -0.3 is 10.4 Å². The number of hydrogen-bond donors (Lipinski definition) is 2. The molecule has 2 rings (SSSR count). The molecule has 6 nitrogen and oxygen atoms in total. The highest BCUT2D eigenvalue weighted by atomic mass is 19.1. The molecular formula is C18H22FN3O3. The van der Waals surface area contributed by atoms with Gasteiger partial charge in [0.25, 0.3) is 0 Å². The largest absolute Gasteiger partial charge is 0.481 e. The molecule has 2 aromatic rings. The number of carboxylic acid groups (broad SMARTS) is 1. The van der Waals surface area contributed by atoms with Crippen molar-refractivity contribution in [2.24, 2.45) is 0 Å². The molecule has 1 amide bonds. The Balaban J connectivity index is 2.15. The predicted molar refractivity (Wildman–Crippen MR) is 92.0 cm³/mol. The molecule has 0 aliphatic carbocycles. The predicted octanol–water partition coefficient (Wildman–Crippen LogP) is 3.25. The summed E-state index contributed by atoms with van der Waals surface area (Å²) in [6, 6.07) is 5.56. The molecule has 0 fully saturated rings. The van der Waals surface area contributed by atoms with Gasteiger partial charge in [-0.25, -0.2) is 4.39 Å². The van der Waals surface area contributed by atoms with Crippen LogP contribution in [0.3, 0.4) is 0 Å². The van der Waals surface area contributed by atoms with Crippen LogP contribution in [-0.2, 0) is 16.1 Å². The van der Waals surface area contributed by atoms with Crippen molar-refractivity contribution in [1.29, 1.82) is 0 Å². The van der Waals surface area contributed by atoms with E-state index in [0.29, 0.717) is 23.5 Å². The molecule has 2 N–H and O–H groups in total. The highest BCUT2D eigenvalue weighted by Gasteiger charge is 2.21. The van der Waals surface area contributed by atoms with Gasteiger partial charge in [0.2, 0.25) is 5.91 Å². The molecule has 0 bridgehead atoms. The molecule has 0 aliphatic rings. The van der Waals surface area contributed by atoms with Crippen LogP contribution in [0.4, 0.5) is 10.1 Å². The lowest BCUT2D eigenvalue weighted by Crippen LogP contribution is -2.18. The molecule has 1 aromatic carbocycles. The second kappa shape index (κ2) is 7.92. The highest BCUT2D eigenvalue weighted by molar-refractivity contribution is 5.92. The third-order valence-corrected chi connectivity index (χ3v) is 4.14. The smallest absolute Gasteiger partial charge is 0.303 e. The summed E-state index contributed by atoms with van der Waals surface area (Å²) in [6.07, 6.45) is -0.209. The quantitative estimate of drug-likeness (QED) is 0.805. The Morgan fingerprint density at radius 2 is 1.88 bits per heavy atom. The number of anilines is 1. The standard InChI is InChI=1S/C18H22FN3O3/c1-4-22-12(3)18(11(2)21-22)20-16(23)9-14(10-17(24)25)13-5-7-15(19)8-6-13/h5-8,14H,4,9-10H2,1-3H3,(H,20,23)(H,24,25). The van der Waals surface area contributed by atoms with E-state index in [1.807, 2.05) is 20.8 Å². The average molecular weight is 347 g/mol. The maximum atomic E-state index is 13.1. The maximum absolute atomic E-state index is 13.1. The van der Waals surface area contributed by atoms with Gasteiger partial charge in [-0.2, -0.15) is 5.10 Å². The molecule has 25 heavy (non-hydrogen) atoms. The fraction of sp³-hybridized carbons (Fsp3) is 0.389. The molecule has 1 aromatic heterocycles. The van der Waals surface area contributed by atoms with Crippen LogP contribution in [0.5, 0.6) is 0 Å². The van der Waals surface area contributed by atoms with Crippen LogP contribution in [0.2, 0.25) is 0 Å². The number of nitrogens with one attached hydrogen (secondary N) is 1. The van der Waals surface area contributed by atoms with E-state index in [1.54, 1.807) is 4.68 Å². The summed E-state index contributed by atoms with van der Waals surface area (Å²) in [5.74, 6) is -2.23. The first-order valence-corrected chi connectivity index (χ1v) is 8.13. The average Bonchev–Trinajstić information content (AvgIpc) is 2.82. The van der Waals surface area contributed by atoms with E-state index in [1.165, 1.54) is 24.3 Å². The Hall–Kier alpha value is -2.70. The number of carboxylic acids is 1. The van der Waals surface area contributed by atoms with Gasteiger partial charge in [0.15, 0.2) is 0 Å². The van der Waals surface area contributed by atoms with Gasteiger partial charge in [-0.05, 0) is 38.5 Å². The molecule has 0 aliphatic heterocycles. The minimum absolute atomic E-state index is 0.00584. The van der Waals surface area contributed by atoms with Gasteiger partial charge >= 0.3 is 5.97 Å². The monoisotopic (exact) mass is 347 g/mol. The summed E-state index contributed by atoms with van der Waals surface area (Å²) in [7, 11) is 0. The molecule has 1 heterocycles. The molecule has 0 radical (unpaired) electrons. The number of nitrogens with zero attached hydrogens (tertiary/aromatic N) is 2. The normalized spacial score (nSPS) is 12.0. The molecule has 7 heteroatoms. The lowest BCUT2D eigenvalue weighted by Gasteiger charge is -2.15. The van der Waals surface area contributed by atoms with Crippen LogP contribution in [-0.4, -0.2) is 26.8 Å². The van der Waals surface area contributed by atoms with Crippen LogP contribution in [0.25, 0.3) is 0 Å². The summed E-state index contributed by atoms with van der Waals surface area (Å²) < 4.78 is 14.9. The van der Waals surface area contributed by atoms with Crippen molar-refractivity contribution >= 4 is 17.6 Å². The second-order valence-corrected chi connectivity index (χ2v) is 5.96. The van der Waals surface area contributed by atoms with E-state index in [4.69, 9.17) is 5.11 Å². The molecular weight excluding hydrogens is 325 g/mol. The van der Waals surface area contributed by atoms with Crippen LogP contribution < -0.4 is 5.32 Å². The number of benzene rings is 1. The van der Waals surface area contributed by atoms with Gasteiger partial charge in [0.05, 0.1) is 23.5 Å². The summed E-state index contributed by atoms with van der Waals surface area (Å²) in [5.41, 5.74) is 2.84. The van der Waals surface area contributed by atoms with Crippen LogP contribution in [0, 0.1) is 19.7 Å². The van der Waals surface area contributed by atoms with Gasteiger partial charge in [0, 0.05) is 18.9 Å². The van der Waals surface area contributed by atoms with Gasteiger partial charge in [-0.15, -0.1) is 0 Å². The topological polar surface area (TPSA) is 84.2 Å². The Morgan fingerprint density at radius 3 is 2.40 bits per heavy atom. The lowest BCUT2D eigenvalue weighted by atomic mass is 9.92. The Labute approximate surface area is 145 Å². The van der Waals surface area contributed by atoms with Crippen LogP contribution in [0.1, 0.15) is 42.6 Å². The van der Waals surface area contributed by atoms with Crippen molar-refractivity contribution in [3.8, 4) is 0 Å². The van der Waals surface area contributed by atoms with E-state index < -0.39 is 17.7 Å². The molecule has 0 saturated heterocycles. The third-order valence-electron chi connectivity index (χ3n) is 4.14. The minimum Gasteiger partial charge on any atom is -0.481 e. The van der Waals surface area contributed by atoms with Gasteiger partial charge in [-0.3, -0.25) is 14.3 Å². The van der Waals surface area contributed by atoms with Crippen molar-refractivity contribution in [1.82, 2.24) is 9.78 Å². The van der Waals surface area contributed by atoms with E-state index in [2.05, 4.69) is 10.4 Å². The zero-order valence-corrected chi connectivity index (χ0v) is 14.5. The number of carbonyl (C=O) groups excluding carboxylic acids is 1. The molecule has 0 saturated carbocycles. The first kappa shape index (κ1) is 18.6. The number of halogens is 1. The van der Waals surface area contributed by atoms with E-state index in [9.17, 15) is 14.0 Å². The Bertz CT molecular complexity index is 769. The second-order valence-electron chi connectivity index (χ2n) is 5.96. The fourth-order valence-corrected chi connectivity index (χ4v) is 2.85. The van der Waals surface area contributed by atoms with Crippen LogP contribution >= 0.6 is 0 Å². The van der Waals surface area contributed by atoms with E-state index in [0.717, 1.165) is 5.69 Å². The summed E-state index contributed by atoms with van der Waals surface area (Å²) in [5, 5.41) is 16.3. The van der Waals surface area contributed by atoms with Gasteiger partial charge in [-0.1, -0.05) is 12.1 Å². The number of rotatable bonds is 7. The van der Waals surface area contributed by atoms with Crippen molar-refractivity contribution in [2.45, 2.75) is 46.1 Å². The Kier molecular flexibility index (Phi) is 5.90. The number of carbonyl (C=O) groups is 2. The number of aromatic nitrogens is 2. The third kappa shape index (κ3) is 4.65. The molecule has 0 spiro atoms. The van der Waals surface area contributed by atoms with E-state index in [-0.39, 0.29) is 18.7 Å². The maximum Gasteiger partial charge on any atom is 0.303 e. The zero-order valence-electron chi connectivity index (χ0n) is 14.5. The van der Waals surface area contributed by atoms with Crippen molar-refractivity contribution in [3.05, 3.63) is 47.0 Å². The minimum atomic E-state index is -1.01. The SMILES string of the molecule is CCn1nc(C)c(NC(=O)CC(CC(=O)O)c2ccc(F)cc2)c1C. The van der Waals surface area contributed by atoms with E-state index >= 15 is 0 Å². The number of amides is 1. The lowest BCUT2D eigenvalue weighted by molar-refractivity contribution is -0.137. The number of hydrogen-bond acceptors (Lipinski definition) is 3. The molecule has 1 atom stereocenters. The zero-order chi connectivity index (χ0) is 18.6. The van der Waals surface area contributed by atoms with Crippen molar-refractivity contribution in [3.63, 3.8) is 0 Å².